The molecule has 0 aliphatic carbocycles. The zero-order valence-electron chi connectivity index (χ0n) is 14.1. The molecule has 0 radical (unpaired) electrons. The fraction of sp³-hybridized carbons (Fsp3) is 0. The van der Waals surface area contributed by atoms with Crippen molar-refractivity contribution >= 4 is 17.4 Å². The minimum absolute atomic E-state index is 0.0256. The Hall–Kier alpha value is -3.44. The van der Waals surface area contributed by atoms with Gasteiger partial charge in [0.05, 0.1) is 5.10 Å². The van der Waals surface area contributed by atoms with E-state index in [1.807, 2.05) is 36.4 Å². The van der Waals surface area contributed by atoms with Crippen LogP contribution in [0.3, 0.4) is 0 Å². The first-order chi connectivity index (χ1) is 13.1. The summed E-state index contributed by atoms with van der Waals surface area (Å²) in [7, 11) is 0. The second-order valence-corrected chi connectivity index (χ2v) is 6.33. The zero-order valence-corrected chi connectivity index (χ0v) is 14.9. The van der Waals surface area contributed by atoms with E-state index >= 15 is 0 Å². The minimum atomic E-state index is -0.385. The Bertz CT molecular complexity index is 1090. The topological polar surface area (TPSA) is 61.8 Å². The van der Waals surface area contributed by atoms with Gasteiger partial charge in [-0.25, -0.2) is 0 Å². The third-order valence-electron chi connectivity index (χ3n) is 4.14. The predicted molar refractivity (Wildman–Crippen MR) is 103 cm³/mol. The highest BCUT2D eigenvalue weighted by Gasteiger charge is 2.31. The van der Waals surface area contributed by atoms with E-state index in [9.17, 15) is 10.0 Å². The van der Waals surface area contributed by atoms with Crippen LogP contribution in [-0.2, 0) is 0 Å². The van der Waals surface area contributed by atoms with Crippen molar-refractivity contribution in [2.45, 2.75) is 0 Å². The van der Waals surface area contributed by atoms with Gasteiger partial charge in [-0.2, -0.15) is 0 Å². The Morgan fingerprint density at radius 2 is 1.48 bits per heavy atom. The van der Waals surface area contributed by atoms with E-state index < -0.39 is 0 Å². The number of rotatable bonds is 4. The Morgan fingerprint density at radius 1 is 0.889 bits per heavy atom. The molecular formula is C21H14ClN3O2. The number of hydrogen-bond donors (Lipinski definition) is 0. The Morgan fingerprint density at radius 3 is 2.11 bits per heavy atom. The van der Waals surface area contributed by atoms with Crippen LogP contribution in [0.4, 0.5) is 0 Å². The molecule has 0 saturated heterocycles. The van der Waals surface area contributed by atoms with Crippen molar-refractivity contribution in [3.8, 4) is 16.9 Å². The molecule has 0 aliphatic rings. The fourth-order valence-corrected chi connectivity index (χ4v) is 2.94. The zero-order chi connectivity index (χ0) is 18.8. The van der Waals surface area contributed by atoms with Crippen LogP contribution >= 0.6 is 11.6 Å². The first-order valence-electron chi connectivity index (χ1n) is 8.29. The van der Waals surface area contributed by atoms with Crippen LogP contribution in [0.5, 0.6) is 0 Å². The van der Waals surface area contributed by atoms with E-state index in [-0.39, 0.29) is 11.5 Å². The maximum Gasteiger partial charge on any atom is 0.261 e. The van der Waals surface area contributed by atoms with Gasteiger partial charge in [-0.15, -0.1) is 4.85 Å². The summed E-state index contributed by atoms with van der Waals surface area (Å²) in [6.07, 6.45) is 0. The summed E-state index contributed by atoms with van der Waals surface area (Å²) in [6, 6.07) is 24.5. The first kappa shape index (κ1) is 17.0. The number of aromatic nitrogens is 3. The molecule has 3 aromatic carbocycles. The van der Waals surface area contributed by atoms with E-state index in [4.69, 9.17) is 11.6 Å². The van der Waals surface area contributed by atoms with Gasteiger partial charge in [-0.1, -0.05) is 72.3 Å². The summed E-state index contributed by atoms with van der Waals surface area (Å²) in [5, 5.41) is 18.0. The molecule has 0 saturated carbocycles. The molecule has 0 unspecified atom stereocenters. The van der Waals surface area contributed by atoms with Gasteiger partial charge < -0.3 is 5.21 Å². The molecule has 4 aromatic rings. The molecule has 5 nitrogen and oxygen atoms in total. The number of hydrogen-bond acceptors (Lipinski definition) is 3. The molecule has 0 fully saturated rings. The molecule has 1 aromatic heterocycles. The molecule has 1 heterocycles. The minimum Gasteiger partial charge on any atom is -0.692 e. The summed E-state index contributed by atoms with van der Waals surface area (Å²) in [4.78, 5) is 14.8. The van der Waals surface area contributed by atoms with Gasteiger partial charge in [-0.05, 0) is 29.1 Å². The largest absolute Gasteiger partial charge is 0.692 e. The van der Waals surface area contributed by atoms with Crippen molar-refractivity contribution < 1.29 is 9.64 Å². The number of carbonyl (C=O) groups excluding carboxylic acids is 1. The van der Waals surface area contributed by atoms with Crippen LogP contribution in [0, 0.1) is 5.21 Å². The quantitative estimate of drug-likeness (QED) is 0.307. The van der Waals surface area contributed by atoms with Gasteiger partial charge in [0.1, 0.15) is 5.69 Å². The molecule has 0 atom stereocenters. The molecule has 6 heteroatoms. The number of benzene rings is 3. The monoisotopic (exact) mass is 375 g/mol. The number of carbonyl (C=O) groups is 1. The van der Waals surface area contributed by atoms with Crippen molar-refractivity contribution in [3.63, 3.8) is 0 Å². The number of ketones is 1. The second kappa shape index (κ2) is 7.05. The van der Waals surface area contributed by atoms with Gasteiger partial charge in [0, 0.05) is 16.1 Å². The van der Waals surface area contributed by atoms with Crippen LogP contribution in [0.1, 0.15) is 16.1 Å². The molecule has 0 spiro atoms. The van der Waals surface area contributed by atoms with Gasteiger partial charge in [-0.3, -0.25) is 4.79 Å². The summed E-state index contributed by atoms with van der Waals surface area (Å²) < 4.78 is 0. The van der Waals surface area contributed by atoms with Crippen LogP contribution in [0.2, 0.25) is 5.02 Å². The van der Waals surface area contributed by atoms with E-state index in [2.05, 4.69) is 5.10 Å². The van der Waals surface area contributed by atoms with Crippen molar-refractivity contribution in [2.75, 3.05) is 0 Å². The highest BCUT2D eigenvalue weighted by Crippen LogP contribution is 2.23. The summed E-state index contributed by atoms with van der Waals surface area (Å²) in [5.41, 5.74) is 1.93. The number of nitrogens with zero attached hydrogens (tertiary/aromatic N) is 3. The molecule has 0 amide bonds. The maximum absolute atomic E-state index is 13.1. The fourth-order valence-electron chi connectivity index (χ4n) is 2.82. The van der Waals surface area contributed by atoms with Crippen LogP contribution < -0.4 is 4.85 Å². The second-order valence-electron chi connectivity index (χ2n) is 5.90. The number of halogens is 1. The average Bonchev–Trinajstić information content (AvgIpc) is 3.06. The van der Waals surface area contributed by atoms with E-state index in [0.717, 1.165) is 4.80 Å². The van der Waals surface area contributed by atoms with E-state index in [1.54, 1.807) is 48.5 Å². The van der Waals surface area contributed by atoms with Crippen molar-refractivity contribution in [2.24, 2.45) is 0 Å². The SMILES string of the molecule is O=C(c1ccccc1)c1c(-c2ccccc2)nn(-c2ccc(Cl)cc2)[n+]1[O-]. The van der Waals surface area contributed by atoms with Crippen LogP contribution in [0.15, 0.2) is 84.9 Å². The van der Waals surface area contributed by atoms with E-state index in [0.29, 0.717) is 32.4 Å². The summed E-state index contributed by atoms with van der Waals surface area (Å²) in [6.45, 7) is 0. The molecule has 0 N–H and O–H groups in total. The Labute approximate surface area is 160 Å². The third-order valence-corrected chi connectivity index (χ3v) is 4.39. The van der Waals surface area contributed by atoms with Gasteiger partial charge in [0.25, 0.3) is 11.4 Å². The maximum atomic E-state index is 13.1. The lowest BCUT2D eigenvalue weighted by Crippen LogP contribution is -2.42. The van der Waals surface area contributed by atoms with Crippen molar-refractivity contribution in [1.29, 1.82) is 0 Å². The summed E-state index contributed by atoms with van der Waals surface area (Å²) >= 11 is 5.93. The highest BCUT2D eigenvalue weighted by molar-refractivity contribution is 6.30. The van der Waals surface area contributed by atoms with Gasteiger partial charge >= 0.3 is 0 Å². The third kappa shape index (κ3) is 3.20. The average molecular weight is 376 g/mol. The first-order valence-corrected chi connectivity index (χ1v) is 8.67. The van der Waals surface area contributed by atoms with Gasteiger partial charge in [0.15, 0.2) is 0 Å². The molecular weight excluding hydrogens is 362 g/mol. The lowest BCUT2D eigenvalue weighted by atomic mass is 10.0. The molecule has 27 heavy (non-hydrogen) atoms. The summed E-state index contributed by atoms with van der Waals surface area (Å²) in [5.74, 6) is -0.385. The highest BCUT2D eigenvalue weighted by atomic mass is 35.5. The van der Waals surface area contributed by atoms with Crippen molar-refractivity contribution in [1.82, 2.24) is 9.90 Å². The molecule has 0 bridgehead atoms. The molecule has 4 rings (SSSR count). The molecule has 132 valence electrons. The normalized spacial score (nSPS) is 10.7. The van der Waals surface area contributed by atoms with Crippen molar-refractivity contribution in [3.05, 3.63) is 106 Å². The molecule has 0 aliphatic heterocycles. The Balaban J connectivity index is 1.93. The van der Waals surface area contributed by atoms with E-state index in [1.165, 1.54) is 0 Å². The lowest BCUT2D eigenvalue weighted by molar-refractivity contribution is -0.690. The van der Waals surface area contributed by atoms with Gasteiger partial charge in [0.2, 0.25) is 5.78 Å². The standard InChI is InChI=1S/C21H14ClN3O2/c22-17-11-13-18(14-12-17)24-23-19(15-7-3-1-4-8-15)20(25(24)27)21(26)16-9-5-2-6-10-16/h1-14H. The Kier molecular flexibility index (Phi) is 4.44. The van der Waals surface area contributed by atoms with Crippen LogP contribution in [0.25, 0.3) is 16.9 Å². The lowest BCUT2D eigenvalue weighted by Gasteiger charge is -2.06. The van der Waals surface area contributed by atoms with Crippen LogP contribution in [-0.4, -0.2) is 15.7 Å². The predicted octanol–water partition coefficient (Wildman–Crippen LogP) is 4.06. The smallest absolute Gasteiger partial charge is 0.261 e.